The third-order valence-corrected chi connectivity index (χ3v) is 5.02. The minimum absolute atomic E-state index is 0.0958. The van der Waals surface area contributed by atoms with Crippen LogP contribution in [-0.4, -0.2) is 26.5 Å². The molecule has 0 unspecified atom stereocenters. The Bertz CT molecular complexity index is 840. The summed E-state index contributed by atoms with van der Waals surface area (Å²) in [5.41, 5.74) is 2.57. The van der Waals surface area contributed by atoms with Gasteiger partial charge in [-0.05, 0) is 25.7 Å². The molecule has 0 radical (unpaired) electrons. The number of rotatable bonds is 5. The van der Waals surface area contributed by atoms with Gasteiger partial charge in [0.15, 0.2) is 0 Å². The summed E-state index contributed by atoms with van der Waals surface area (Å²) in [5, 5.41) is 3.33. The van der Waals surface area contributed by atoms with Crippen LogP contribution >= 0.6 is 0 Å². The first-order valence-electron chi connectivity index (χ1n) is 9.08. The quantitative estimate of drug-likeness (QED) is 0.865. The Kier molecular flexibility index (Phi) is 3.55. The molecule has 2 aromatic rings. The summed E-state index contributed by atoms with van der Waals surface area (Å²) in [6, 6.07) is 2.05. The van der Waals surface area contributed by atoms with Gasteiger partial charge < -0.3 is 15.0 Å². The Labute approximate surface area is 145 Å². The van der Waals surface area contributed by atoms with E-state index < -0.39 is 0 Å². The molecule has 3 aliphatic rings. The van der Waals surface area contributed by atoms with Crippen LogP contribution in [0.1, 0.15) is 66.1 Å². The summed E-state index contributed by atoms with van der Waals surface area (Å²) in [5.74, 6) is 3.58. The maximum Gasteiger partial charge on any atom is 0.256 e. The molecule has 0 amide bonds. The summed E-state index contributed by atoms with van der Waals surface area (Å²) in [7, 11) is 0. The topological polar surface area (TPSA) is 92.8 Å². The predicted octanol–water partition coefficient (Wildman–Crippen LogP) is 2.00. The molecule has 2 aliphatic carbocycles. The van der Waals surface area contributed by atoms with Crippen LogP contribution in [0.3, 0.4) is 0 Å². The highest BCUT2D eigenvalue weighted by molar-refractivity contribution is 5.39. The van der Waals surface area contributed by atoms with E-state index in [9.17, 15) is 4.79 Å². The van der Waals surface area contributed by atoms with Crippen LogP contribution in [0, 0.1) is 0 Å². The lowest BCUT2D eigenvalue weighted by atomic mass is 10.1. The molecule has 0 atom stereocenters. The molecule has 2 fully saturated rings. The fraction of sp³-hybridized carbons (Fsp3) is 0.556. The van der Waals surface area contributed by atoms with E-state index in [4.69, 9.17) is 9.72 Å². The molecule has 130 valence electrons. The molecule has 0 aromatic carbocycles. The zero-order chi connectivity index (χ0) is 16.8. The number of H-pyrrole nitrogens is 1. The van der Waals surface area contributed by atoms with E-state index in [1.165, 1.54) is 25.7 Å². The molecule has 7 nitrogen and oxygen atoms in total. The van der Waals surface area contributed by atoms with Crippen molar-refractivity contribution in [2.24, 2.45) is 0 Å². The van der Waals surface area contributed by atoms with Gasteiger partial charge in [0.25, 0.3) is 5.56 Å². The third kappa shape index (κ3) is 3.16. The molecule has 25 heavy (non-hydrogen) atoms. The molecule has 0 bridgehead atoms. The number of nitrogens with zero attached hydrogens (tertiary/aromatic N) is 3. The monoisotopic (exact) mass is 339 g/mol. The third-order valence-electron chi connectivity index (χ3n) is 5.02. The number of aromatic amines is 1. The Morgan fingerprint density at radius 2 is 2.00 bits per heavy atom. The van der Waals surface area contributed by atoms with Gasteiger partial charge in [-0.2, -0.15) is 0 Å². The molecule has 0 spiro atoms. The number of fused-ring (bicyclic) bond motifs is 1. The van der Waals surface area contributed by atoms with Crippen LogP contribution in [0.15, 0.2) is 10.9 Å². The summed E-state index contributed by atoms with van der Waals surface area (Å²) in [6.07, 6.45) is 5.52. The van der Waals surface area contributed by atoms with Crippen molar-refractivity contribution >= 4 is 5.82 Å². The van der Waals surface area contributed by atoms with Gasteiger partial charge in [-0.1, -0.05) is 0 Å². The highest BCUT2D eigenvalue weighted by Crippen LogP contribution is 2.43. The number of nitrogens with one attached hydrogen (secondary N) is 2. The van der Waals surface area contributed by atoms with E-state index in [0.717, 1.165) is 23.0 Å². The lowest BCUT2D eigenvalue weighted by molar-refractivity contribution is 0.108. The van der Waals surface area contributed by atoms with Crippen LogP contribution in [0.5, 0.6) is 0 Å². The summed E-state index contributed by atoms with van der Waals surface area (Å²) < 4.78 is 5.34. The number of hydrogen-bond acceptors (Lipinski definition) is 6. The van der Waals surface area contributed by atoms with Crippen LogP contribution in [0.25, 0.3) is 0 Å². The van der Waals surface area contributed by atoms with E-state index in [0.29, 0.717) is 49.4 Å². The lowest BCUT2D eigenvalue weighted by Crippen LogP contribution is -2.26. The first-order valence-corrected chi connectivity index (χ1v) is 9.08. The van der Waals surface area contributed by atoms with Gasteiger partial charge >= 0.3 is 0 Å². The molecule has 2 aromatic heterocycles. The fourth-order valence-corrected chi connectivity index (χ4v) is 3.24. The zero-order valence-electron chi connectivity index (χ0n) is 14.0. The van der Waals surface area contributed by atoms with Crippen LogP contribution in [-0.2, 0) is 24.3 Å². The van der Waals surface area contributed by atoms with Gasteiger partial charge in [0, 0.05) is 30.0 Å². The minimum atomic E-state index is -0.0958. The molecule has 7 heteroatoms. The van der Waals surface area contributed by atoms with Crippen molar-refractivity contribution in [3.05, 3.63) is 45.0 Å². The van der Waals surface area contributed by atoms with Gasteiger partial charge in [-0.3, -0.25) is 4.79 Å². The second-order valence-corrected chi connectivity index (χ2v) is 7.18. The number of hydrogen-bond donors (Lipinski definition) is 2. The Morgan fingerprint density at radius 3 is 2.80 bits per heavy atom. The summed E-state index contributed by atoms with van der Waals surface area (Å²) in [4.78, 5) is 29.0. The first kappa shape index (κ1) is 15.0. The van der Waals surface area contributed by atoms with Gasteiger partial charge in [0.05, 0.1) is 31.0 Å². The van der Waals surface area contributed by atoms with Crippen molar-refractivity contribution in [1.82, 2.24) is 19.9 Å². The Balaban J connectivity index is 1.37. The Hall–Kier alpha value is -2.28. The van der Waals surface area contributed by atoms with Crippen molar-refractivity contribution in [3.8, 4) is 0 Å². The van der Waals surface area contributed by atoms with E-state index in [1.807, 2.05) is 6.07 Å². The summed E-state index contributed by atoms with van der Waals surface area (Å²) in [6.45, 7) is 1.43. The van der Waals surface area contributed by atoms with Gasteiger partial charge in [0.1, 0.15) is 17.5 Å². The maximum atomic E-state index is 12.2. The molecule has 0 saturated heterocycles. The average Bonchev–Trinajstić information content (AvgIpc) is 3.51. The number of anilines is 1. The molecule has 2 N–H and O–H groups in total. The second kappa shape index (κ2) is 5.91. The van der Waals surface area contributed by atoms with Gasteiger partial charge in [0.2, 0.25) is 0 Å². The van der Waals surface area contributed by atoms with Gasteiger partial charge in [-0.15, -0.1) is 0 Å². The number of aromatic nitrogens is 4. The highest BCUT2D eigenvalue weighted by atomic mass is 16.5. The van der Waals surface area contributed by atoms with Crippen LogP contribution in [0.2, 0.25) is 0 Å². The van der Waals surface area contributed by atoms with E-state index in [1.54, 1.807) is 0 Å². The standard InChI is InChI=1S/C18H21N5O2/c24-18-12-9-25-6-5-13(12)20-16(23-18)8-19-15-7-14(10-1-2-10)21-17(22-15)11-3-4-11/h7,10-11H,1-6,8-9H2,(H,19,21,22)(H,20,23,24). The lowest BCUT2D eigenvalue weighted by Gasteiger charge is -2.15. The van der Waals surface area contributed by atoms with Crippen LogP contribution < -0.4 is 10.9 Å². The molecule has 5 rings (SSSR count). The van der Waals surface area contributed by atoms with Crippen molar-refractivity contribution in [1.29, 1.82) is 0 Å². The minimum Gasteiger partial charge on any atom is -0.376 e. The largest absolute Gasteiger partial charge is 0.376 e. The second-order valence-electron chi connectivity index (χ2n) is 7.18. The average molecular weight is 339 g/mol. The van der Waals surface area contributed by atoms with Gasteiger partial charge in [-0.25, -0.2) is 15.0 Å². The van der Waals surface area contributed by atoms with E-state index in [-0.39, 0.29) is 5.56 Å². The molecular formula is C18H21N5O2. The smallest absolute Gasteiger partial charge is 0.256 e. The first-order chi connectivity index (χ1) is 12.3. The zero-order valence-corrected chi connectivity index (χ0v) is 14.0. The predicted molar refractivity (Wildman–Crippen MR) is 91.5 cm³/mol. The van der Waals surface area contributed by atoms with Crippen LogP contribution in [0.4, 0.5) is 5.82 Å². The van der Waals surface area contributed by atoms with Crippen molar-refractivity contribution in [2.45, 2.75) is 57.1 Å². The summed E-state index contributed by atoms with van der Waals surface area (Å²) >= 11 is 0. The number of ether oxygens (including phenoxy) is 1. The van der Waals surface area contributed by atoms with E-state index in [2.05, 4.69) is 20.3 Å². The van der Waals surface area contributed by atoms with Crippen molar-refractivity contribution in [3.63, 3.8) is 0 Å². The molecule has 2 saturated carbocycles. The van der Waals surface area contributed by atoms with Crippen molar-refractivity contribution < 1.29 is 4.74 Å². The highest BCUT2D eigenvalue weighted by Gasteiger charge is 2.31. The molecule has 3 heterocycles. The SMILES string of the molecule is O=c1[nH]c(CNc2cc(C3CC3)nc(C3CC3)n2)nc2c1COCC2. The maximum absolute atomic E-state index is 12.2. The molecule has 1 aliphatic heterocycles. The Morgan fingerprint density at radius 1 is 1.16 bits per heavy atom. The van der Waals surface area contributed by atoms with Crippen molar-refractivity contribution in [2.75, 3.05) is 11.9 Å². The molecular weight excluding hydrogens is 318 g/mol. The normalized spacial score (nSPS) is 19.5. The fourth-order valence-electron chi connectivity index (χ4n) is 3.24. The van der Waals surface area contributed by atoms with E-state index >= 15 is 0 Å².